The molecule has 1 unspecified atom stereocenters. The monoisotopic (exact) mass is 445 g/mol. The highest BCUT2D eigenvalue weighted by Crippen LogP contribution is 2.31. The van der Waals surface area contributed by atoms with Crippen LogP contribution in [0.4, 0.5) is 11.4 Å². The average Bonchev–Trinajstić information content (AvgIpc) is 3.31. The number of rotatable bonds is 8. The summed E-state index contributed by atoms with van der Waals surface area (Å²) in [5.74, 6) is 0.312. The van der Waals surface area contributed by atoms with Crippen LogP contribution >= 0.6 is 0 Å². The zero-order valence-electron chi connectivity index (χ0n) is 19.5. The van der Waals surface area contributed by atoms with Crippen molar-refractivity contribution in [3.05, 3.63) is 83.8 Å². The van der Waals surface area contributed by atoms with Crippen molar-refractivity contribution in [3.8, 4) is 0 Å². The van der Waals surface area contributed by atoms with Gasteiger partial charge in [0.05, 0.1) is 12.3 Å². The van der Waals surface area contributed by atoms with Crippen LogP contribution in [0.3, 0.4) is 0 Å². The lowest BCUT2D eigenvalue weighted by Gasteiger charge is -2.31. The summed E-state index contributed by atoms with van der Waals surface area (Å²) >= 11 is 0. The van der Waals surface area contributed by atoms with E-state index in [4.69, 9.17) is 4.42 Å². The largest absolute Gasteiger partial charge is 0.459 e. The van der Waals surface area contributed by atoms with E-state index in [0.717, 1.165) is 41.8 Å². The van der Waals surface area contributed by atoms with Crippen LogP contribution in [0.5, 0.6) is 0 Å². The predicted molar refractivity (Wildman–Crippen MR) is 130 cm³/mol. The molecule has 1 atom stereocenters. The summed E-state index contributed by atoms with van der Waals surface area (Å²) in [6.45, 7) is 2.39. The van der Waals surface area contributed by atoms with Crippen LogP contribution in [0.2, 0.25) is 0 Å². The predicted octanol–water partition coefficient (Wildman–Crippen LogP) is 5.49. The number of hydrogen-bond donors (Lipinski definition) is 1. The van der Waals surface area contributed by atoms with Gasteiger partial charge in [-0.25, -0.2) is 0 Å². The second-order valence-electron chi connectivity index (χ2n) is 8.85. The maximum atomic E-state index is 13.5. The van der Waals surface area contributed by atoms with Gasteiger partial charge in [-0.05, 0) is 61.2 Å². The first-order valence-corrected chi connectivity index (χ1v) is 11.4. The average molecular weight is 446 g/mol. The molecule has 1 aliphatic carbocycles. The number of carbonyl (C=O) groups is 2. The molecule has 3 aromatic rings. The van der Waals surface area contributed by atoms with Crippen LogP contribution in [0.1, 0.15) is 53.9 Å². The van der Waals surface area contributed by atoms with Crippen molar-refractivity contribution in [2.75, 3.05) is 24.3 Å². The Labute approximate surface area is 195 Å². The lowest BCUT2D eigenvalue weighted by molar-refractivity contribution is -0.122. The summed E-state index contributed by atoms with van der Waals surface area (Å²) < 4.78 is 5.44. The standard InChI is InChI=1S/C27H31N3O3/c1-19(20-9-5-4-6-10-20)30(27(32)25-13-8-16-33-25)18-22-17-23(14-15-24(22)29(2)3)28-26(31)21-11-7-12-21/h4-6,8-10,13-17,19,21H,7,11-12,18H2,1-3H3,(H,28,31). The summed E-state index contributed by atoms with van der Waals surface area (Å²) in [5.41, 5.74) is 3.74. The van der Waals surface area contributed by atoms with Crippen LogP contribution in [0.15, 0.2) is 71.3 Å². The second-order valence-corrected chi connectivity index (χ2v) is 8.85. The summed E-state index contributed by atoms with van der Waals surface area (Å²) in [7, 11) is 3.95. The normalized spacial score (nSPS) is 14.3. The fourth-order valence-corrected chi connectivity index (χ4v) is 4.16. The molecule has 1 aliphatic rings. The van der Waals surface area contributed by atoms with Crippen molar-refractivity contribution in [1.29, 1.82) is 0 Å². The lowest BCUT2D eigenvalue weighted by Crippen LogP contribution is -2.33. The van der Waals surface area contributed by atoms with Crippen LogP contribution in [-0.4, -0.2) is 30.8 Å². The highest BCUT2D eigenvalue weighted by molar-refractivity contribution is 5.94. The fourth-order valence-electron chi connectivity index (χ4n) is 4.16. The lowest BCUT2D eigenvalue weighted by atomic mass is 9.85. The van der Waals surface area contributed by atoms with Gasteiger partial charge in [0.15, 0.2) is 5.76 Å². The third-order valence-electron chi connectivity index (χ3n) is 6.39. The van der Waals surface area contributed by atoms with Gasteiger partial charge in [0, 0.05) is 37.9 Å². The molecule has 0 aliphatic heterocycles. The third kappa shape index (κ3) is 5.11. The topological polar surface area (TPSA) is 65.8 Å². The molecule has 6 nitrogen and oxygen atoms in total. The smallest absolute Gasteiger partial charge is 0.290 e. The number of benzene rings is 2. The Kier molecular flexibility index (Phi) is 6.82. The highest BCUT2D eigenvalue weighted by Gasteiger charge is 2.27. The van der Waals surface area contributed by atoms with E-state index in [2.05, 4.69) is 5.32 Å². The summed E-state index contributed by atoms with van der Waals surface area (Å²) in [6, 6.07) is 19.1. The molecule has 1 heterocycles. The van der Waals surface area contributed by atoms with Crippen LogP contribution < -0.4 is 10.2 Å². The molecule has 1 saturated carbocycles. The maximum Gasteiger partial charge on any atom is 0.290 e. The number of anilines is 2. The van der Waals surface area contributed by atoms with E-state index in [1.165, 1.54) is 6.26 Å². The van der Waals surface area contributed by atoms with Gasteiger partial charge >= 0.3 is 0 Å². The molecule has 0 radical (unpaired) electrons. The molecule has 0 saturated heterocycles. The van der Waals surface area contributed by atoms with Gasteiger partial charge in [-0.2, -0.15) is 0 Å². The summed E-state index contributed by atoms with van der Waals surface area (Å²) in [6.07, 6.45) is 4.54. The van der Waals surface area contributed by atoms with Gasteiger partial charge < -0.3 is 19.5 Å². The Bertz CT molecular complexity index is 1090. The van der Waals surface area contributed by atoms with E-state index >= 15 is 0 Å². The Morgan fingerprint density at radius 2 is 1.82 bits per heavy atom. The SMILES string of the molecule is CC(c1ccccc1)N(Cc1cc(NC(=O)C2CCC2)ccc1N(C)C)C(=O)c1ccco1. The Hall–Kier alpha value is -3.54. The highest BCUT2D eigenvalue weighted by atomic mass is 16.3. The molecule has 0 spiro atoms. The van der Waals surface area contributed by atoms with Crippen molar-refractivity contribution in [2.24, 2.45) is 5.92 Å². The van der Waals surface area contributed by atoms with E-state index in [1.807, 2.05) is 79.3 Å². The minimum atomic E-state index is -0.176. The molecular weight excluding hydrogens is 414 g/mol. The van der Waals surface area contributed by atoms with Crippen LogP contribution in [0, 0.1) is 5.92 Å². The number of carbonyl (C=O) groups excluding carboxylic acids is 2. The molecule has 6 heteroatoms. The minimum Gasteiger partial charge on any atom is -0.459 e. The van der Waals surface area contributed by atoms with Crippen molar-refractivity contribution in [1.82, 2.24) is 4.90 Å². The molecule has 1 N–H and O–H groups in total. The first-order valence-electron chi connectivity index (χ1n) is 11.4. The minimum absolute atomic E-state index is 0.0750. The van der Waals surface area contributed by atoms with E-state index in [9.17, 15) is 9.59 Å². The van der Waals surface area contributed by atoms with E-state index in [-0.39, 0.29) is 23.8 Å². The van der Waals surface area contributed by atoms with E-state index in [1.54, 1.807) is 12.1 Å². The Balaban J connectivity index is 1.66. The van der Waals surface area contributed by atoms with Crippen molar-refractivity contribution in [2.45, 2.75) is 38.8 Å². The van der Waals surface area contributed by atoms with Gasteiger partial charge in [0.2, 0.25) is 5.91 Å². The number of nitrogens with zero attached hydrogens (tertiary/aromatic N) is 2. The zero-order chi connectivity index (χ0) is 23.4. The molecule has 1 aromatic heterocycles. The Morgan fingerprint density at radius 3 is 2.42 bits per heavy atom. The van der Waals surface area contributed by atoms with Gasteiger partial charge in [-0.3, -0.25) is 9.59 Å². The number of furan rings is 1. The Morgan fingerprint density at radius 1 is 1.06 bits per heavy atom. The zero-order valence-corrected chi connectivity index (χ0v) is 19.5. The van der Waals surface area contributed by atoms with E-state index in [0.29, 0.717) is 12.3 Å². The molecule has 172 valence electrons. The molecule has 4 rings (SSSR count). The van der Waals surface area contributed by atoms with Crippen molar-refractivity contribution < 1.29 is 14.0 Å². The third-order valence-corrected chi connectivity index (χ3v) is 6.39. The fraction of sp³-hybridized carbons (Fsp3) is 0.333. The van der Waals surface area contributed by atoms with Gasteiger partial charge in [0.25, 0.3) is 5.91 Å². The van der Waals surface area contributed by atoms with Crippen molar-refractivity contribution >= 4 is 23.2 Å². The molecule has 2 amide bonds. The number of hydrogen-bond acceptors (Lipinski definition) is 4. The van der Waals surface area contributed by atoms with Gasteiger partial charge in [-0.1, -0.05) is 36.8 Å². The quantitative estimate of drug-likeness (QED) is 0.498. The first-order chi connectivity index (χ1) is 15.9. The van der Waals surface area contributed by atoms with Crippen molar-refractivity contribution in [3.63, 3.8) is 0 Å². The van der Waals surface area contributed by atoms with Gasteiger partial charge in [-0.15, -0.1) is 0 Å². The molecule has 0 bridgehead atoms. The maximum absolute atomic E-state index is 13.5. The summed E-state index contributed by atoms with van der Waals surface area (Å²) in [4.78, 5) is 29.8. The van der Waals surface area contributed by atoms with Crippen LogP contribution in [-0.2, 0) is 11.3 Å². The van der Waals surface area contributed by atoms with E-state index < -0.39 is 0 Å². The summed E-state index contributed by atoms with van der Waals surface area (Å²) in [5, 5.41) is 3.06. The number of amides is 2. The second kappa shape index (κ2) is 9.94. The molecule has 33 heavy (non-hydrogen) atoms. The molecular formula is C27H31N3O3. The first kappa shape index (κ1) is 22.6. The molecule has 2 aromatic carbocycles. The van der Waals surface area contributed by atoms with Crippen LogP contribution in [0.25, 0.3) is 0 Å². The molecule has 1 fully saturated rings. The number of nitrogens with one attached hydrogen (secondary N) is 1. The van der Waals surface area contributed by atoms with Gasteiger partial charge in [0.1, 0.15) is 0 Å².